The van der Waals surface area contributed by atoms with Crippen LogP contribution in [0.2, 0.25) is 0 Å². The third kappa shape index (κ3) is 59.5. The maximum absolute atomic E-state index is 12.9. The highest BCUT2D eigenvalue weighted by molar-refractivity contribution is 5.71. The third-order valence-corrected chi connectivity index (χ3v) is 11.7. The number of unbranched alkanes of at least 4 members (excludes halogenated alkanes) is 12. The Morgan fingerprint density at radius 1 is 0.280 bits per heavy atom. The van der Waals surface area contributed by atoms with Crippen molar-refractivity contribution in [3.05, 3.63) is 170 Å². The molecule has 1 atom stereocenters. The van der Waals surface area contributed by atoms with E-state index >= 15 is 0 Å². The van der Waals surface area contributed by atoms with Crippen molar-refractivity contribution < 1.29 is 28.6 Å². The van der Waals surface area contributed by atoms with Crippen LogP contribution in [0.4, 0.5) is 0 Å². The van der Waals surface area contributed by atoms with Crippen molar-refractivity contribution in [2.45, 2.75) is 232 Å². The number of carbonyl (C=O) groups excluding carboxylic acids is 3. The van der Waals surface area contributed by atoms with Gasteiger partial charge < -0.3 is 14.2 Å². The van der Waals surface area contributed by atoms with E-state index in [1.807, 2.05) is 12.2 Å². The lowest BCUT2D eigenvalue weighted by Gasteiger charge is -2.18. The van der Waals surface area contributed by atoms with Crippen molar-refractivity contribution in [1.29, 1.82) is 0 Å². The molecule has 0 spiro atoms. The Morgan fingerprint density at radius 2 is 0.547 bits per heavy atom. The smallest absolute Gasteiger partial charge is 0.306 e. The first-order valence-electron chi connectivity index (χ1n) is 29.6. The molecule has 0 amide bonds. The Bertz CT molecular complexity index is 1750. The van der Waals surface area contributed by atoms with Gasteiger partial charge in [0.05, 0.1) is 0 Å². The van der Waals surface area contributed by atoms with Gasteiger partial charge in [-0.2, -0.15) is 0 Å². The van der Waals surface area contributed by atoms with Crippen molar-refractivity contribution in [3.8, 4) is 0 Å². The Morgan fingerprint density at radius 3 is 0.907 bits per heavy atom. The van der Waals surface area contributed by atoms with Gasteiger partial charge in [-0.15, -0.1) is 0 Å². The minimum atomic E-state index is -0.843. The number of hydrogen-bond acceptors (Lipinski definition) is 6. The molecule has 1 unspecified atom stereocenters. The second-order valence-corrected chi connectivity index (χ2v) is 18.8. The second kappa shape index (κ2) is 61.3. The molecular formula is C69H106O6. The van der Waals surface area contributed by atoms with Crippen LogP contribution in [0.5, 0.6) is 0 Å². The van der Waals surface area contributed by atoms with E-state index in [9.17, 15) is 14.4 Å². The molecule has 0 saturated carbocycles. The first-order valence-corrected chi connectivity index (χ1v) is 29.6. The molecule has 0 aromatic heterocycles. The number of carbonyl (C=O) groups is 3. The topological polar surface area (TPSA) is 78.9 Å². The highest BCUT2D eigenvalue weighted by Crippen LogP contribution is 2.12. The summed E-state index contributed by atoms with van der Waals surface area (Å²) in [6, 6.07) is 0. The number of allylic oxidation sites excluding steroid dienone is 28. The van der Waals surface area contributed by atoms with E-state index in [4.69, 9.17) is 14.2 Å². The molecule has 0 aliphatic rings. The average molecular weight is 1030 g/mol. The van der Waals surface area contributed by atoms with Crippen molar-refractivity contribution in [3.63, 3.8) is 0 Å². The van der Waals surface area contributed by atoms with E-state index in [1.54, 1.807) is 0 Å². The van der Waals surface area contributed by atoms with Crippen LogP contribution >= 0.6 is 0 Å². The first kappa shape index (κ1) is 69.8. The minimum Gasteiger partial charge on any atom is -0.462 e. The molecule has 0 fully saturated rings. The lowest BCUT2D eigenvalue weighted by atomic mass is 10.1. The Balaban J connectivity index is 4.63. The molecule has 0 aromatic rings. The maximum atomic E-state index is 12.9. The molecule has 0 aliphatic heterocycles. The van der Waals surface area contributed by atoms with E-state index in [-0.39, 0.29) is 44.0 Å². The summed E-state index contributed by atoms with van der Waals surface area (Å²) in [4.78, 5) is 38.2. The van der Waals surface area contributed by atoms with Gasteiger partial charge in [-0.25, -0.2) is 0 Å². The predicted octanol–water partition coefficient (Wildman–Crippen LogP) is 20.3. The van der Waals surface area contributed by atoms with Gasteiger partial charge in [-0.1, -0.05) is 236 Å². The van der Waals surface area contributed by atoms with Crippen molar-refractivity contribution in [2.75, 3.05) is 13.2 Å². The lowest BCUT2D eigenvalue weighted by molar-refractivity contribution is -0.166. The number of esters is 3. The summed E-state index contributed by atoms with van der Waals surface area (Å²) < 4.78 is 16.8. The minimum absolute atomic E-state index is 0.130. The summed E-state index contributed by atoms with van der Waals surface area (Å²) >= 11 is 0. The van der Waals surface area contributed by atoms with Gasteiger partial charge in [0.25, 0.3) is 0 Å². The fraction of sp³-hybridized carbons (Fsp3) is 0.551. The SMILES string of the molecule is CC/C=C\C/C=C\C/C=C\C/C=C\C/C=C\C/C=C\CCC(=O)OCC(COC(=O)CCCCCCCC/C=C\C/C=C\C/C=C\CCCCC)OC(=O)CCCCC/C=C\C/C=C\C/C=C\C/C=C\C/C=C\CC. The fourth-order valence-electron chi connectivity index (χ4n) is 7.32. The zero-order valence-electron chi connectivity index (χ0n) is 47.7. The molecule has 0 rings (SSSR count). The van der Waals surface area contributed by atoms with E-state index in [2.05, 4.69) is 179 Å². The van der Waals surface area contributed by atoms with Crippen LogP contribution in [0, 0.1) is 0 Å². The van der Waals surface area contributed by atoms with E-state index in [0.29, 0.717) is 19.3 Å². The lowest BCUT2D eigenvalue weighted by Crippen LogP contribution is -2.30. The highest BCUT2D eigenvalue weighted by Gasteiger charge is 2.19. The van der Waals surface area contributed by atoms with Gasteiger partial charge in [-0.3, -0.25) is 14.4 Å². The molecule has 0 aliphatic carbocycles. The van der Waals surface area contributed by atoms with Crippen LogP contribution in [0.3, 0.4) is 0 Å². The quantitative estimate of drug-likeness (QED) is 0.0261. The van der Waals surface area contributed by atoms with E-state index in [0.717, 1.165) is 135 Å². The molecule has 0 N–H and O–H groups in total. The molecule has 0 aromatic carbocycles. The van der Waals surface area contributed by atoms with Crippen LogP contribution < -0.4 is 0 Å². The molecule has 0 heterocycles. The Kier molecular flexibility index (Phi) is 57.0. The zero-order valence-corrected chi connectivity index (χ0v) is 47.7. The number of hydrogen-bond donors (Lipinski definition) is 0. The molecule has 0 bridgehead atoms. The van der Waals surface area contributed by atoms with Gasteiger partial charge in [0.1, 0.15) is 13.2 Å². The van der Waals surface area contributed by atoms with Gasteiger partial charge in [0.2, 0.25) is 0 Å². The zero-order chi connectivity index (χ0) is 54.3. The number of rotatable bonds is 51. The fourth-order valence-corrected chi connectivity index (χ4v) is 7.32. The number of ether oxygens (including phenoxy) is 3. The van der Waals surface area contributed by atoms with Gasteiger partial charge in [-0.05, 0) is 141 Å². The van der Waals surface area contributed by atoms with Gasteiger partial charge in [0.15, 0.2) is 6.10 Å². The van der Waals surface area contributed by atoms with Crippen molar-refractivity contribution in [1.82, 2.24) is 0 Å². The molecule has 418 valence electrons. The Hall–Kier alpha value is -5.23. The van der Waals surface area contributed by atoms with Gasteiger partial charge >= 0.3 is 17.9 Å². The average Bonchev–Trinajstić information content (AvgIpc) is 3.41. The van der Waals surface area contributed by atoms with Gasteiger partial charge in [0, 0.05) is 19.3 Å². The van der Waals surface area contributed by atoms with Crippen LogP contribution in [-0.2, 0) is 28.6 Å². The monoisotopic (exact) mass is 1030 g/mol. The second-order valence-electron chi connectivity index (χ2n) is 18.8. The highest BCUT2D eigenvalue weighted by atomic mass is 16.6. The molecule has 0 saturated heterocycles. The summed E-state index contributed by atoms with van der Waals surface area (Å²) in [7, 11) is 0. The normalized spacial score (nSPS) is 13.4. The maximum Gasteiger partial charge on any atom is 0.306 e. The standard InChI is InChI=1S/C69H106O6/c1-4-7-10-13-16-19-22-25-28-31-34-37-40-43-46-49-52-55-58-61-67(70)73-64-66(75-69(72)63-60-57-54-51-48-45-42-39-36-33-30-27-24-21-18-15-12-9-6-3)65-74-68(71)62-59-56-53-50-47-44-41-38-35-32-29-26-23-20-17-14-11-8-5-2/h7,9-10,12,16-21,25-30,34-39,43,45-46,48,52,55,66H,4-6,8,11,13-15,22-24,31-33,40-42,44,47,49-51,53-54,56-65H2,1-3H3/b10-7-,12-9-,19-16-,20-17-,21-18-,28-25-,29-26-,30-27-,37-34-,38-35-,39-36-,46-43-,48-45-,55-52-. The molecule has 6 heteroatoms. The summed E-state index contributed by atoms with van der Waals surface area (Å²) in [6.07, 6.45) is 90.6. The van der Waals surface area contributed by atoms with Crippen LogP contribution in [-0.4, -0.2) is 37.2 Å². The summed E-state index contributed by atoms with van der Waals surface area (Å²) in [5, 5.41) is 0. The Labute approximate surface area is 460 Å². The predicted molar refractivity (Wildman–Crippen MR) is 325 cm³/mol. The molecule has 75 heavy (non-hydrogen) atoms. The molecule has 0 radical (unpaired) electrons. The van der Waals surface area contributed by atoms with Crippen LogP contribution in [0.1, 0.15) is 226 Å². The van der Waals surface area contributed by atoms with Crippen LogP contribution in [0.25, 0.3) is 0 Å². The molecular weight excluding hydrogens is 925 g/mol. The van der Waals surface area contributed by atoms with E-state index in [1.165, 1.54) is 38.5 Å². The first-order chi connectivity index (χ1) is 37.0. The largest absolute Gasteiger partial charge is 0.462 e. The molecule has 6 nitrogen and oxygen atoms in total. The van der Waals surface area contributed by atoms with E-state index < -0.39 is 6.10 Å². The summed E-state index contributed by atoms with van der Waals surface area (Å²) in [5.41, 5.74) is 0. The van der Waals surface area contributed by atoms with Crippen LogP contribution in [0.15, 0.2) is 170 Å². The summed E-state index contributed by atoms with van der Waals surface area (Å²) in [5.74, 6) is -1.07. The summed E-state index contributed by atoms with van der Waals surface area (Å²) in [6.45, 7) is 6.26. The van der Waals surface area contributed by atoms with Crippen molar-refractivity contribution in [2.24, 2.45) is 0 Å². The third-order valence-electron chi connectivity index (χ3n) is 11.7. The van der Waals surface area contributed by atoms with Crippen molar-refractivity contribution >= 4 is 17.9 Å².